The summed E-state index contributed by atoms with van der Waals surface area (Å²) in [5.74, 6) is -0.0989. The van der Waals surface area contributed by atoms with E-state index in [4.69, 9.17) is 4.74 Å². The Morgan fingerprint density at radius 2 is 2.03 bits per heavy atom. The molecule has 0 aliphatic carbocycles. The van der Waals surface area contributed by atoms with E-state index in [1.54, 1.807) is 36.1 Å². The highest BCUT2D eigenvalue weighted by Gasteiger charge is 2.45. The van der Waals surface area contributed by atoms with E-state index in [1.807, 2.05) is 6.07 Å². The molecule has 2 aromatic carbocycles. The van der Waals surface area contributed by atoms with Crippen molar-refractivity contribution in [1.29, 1.82) is 0 Å². The molecule has 0 spiro atoms. The first-order valence-corrected chi connectivity index (χ1v) is 12.3. The van der Waals surface area contributed by atoms with E-state index < -0.39 is 11.5 Å². The molecule has 0 radical (unpaired) electrons. The van der Waals surface area contributed by atoms with Crippen LogP contribution in [0, 0.1) is 12.7 Å². The molecule has 0 bridgehead atoms. The number of benzene rings is 2. The summed E-state index contributed by atoms with van der Waals surface area (Å²) in [5.41, 5.74) is 1.23. The molecule has 1 atom stereocenters. The standard InChI is InChI=1S/C25H26FN5O4S/c1-15-3-4-16(9-20(15)26)25(23-27-14-28-36-23)7-8-30(13-25)24(34)29-21-10-18(35-2)5-6-19(21)22(33)31-11-17(32)12-31/h3-6,9-10,14,17,32H,7-8,11-13H2,1-2H3,(H,29,34). The second-order valence-corrected chi connectivity index (χ2v) is 9.95. The fourth-order valence-electron chi connectivity index (χ4n) is 4.72. The number of nitrogens with one attached hydrogen (secondary N) is 1. The number of anilines is 1. The van der Waals surface area contributed by atoms with E-state index in [9.17, 15) is 19.1 Å². The number of halogens is 1. The third-order valence-corrected chi connectivity index (χ3v) is 7.77. The largest absolute Gasteiger partial charge is 0.497 e. The number of ether oxygens (including phenoxy) is 1. The zero-order valence-electron chi connectivity index (χ0n) is 19.9. The van der Waals surface area contributed by atoms with Gasteiger partial charge < -0.3 is 25.0 Å². The molecule has 5 rings (SSSR count). The molecule has 36 heavy (non-hydrogen) atoms. The fourth-order valence-corrected chi connectivity index (χ4v) is 5.46. The van der Waals surface area contributed by atoms with E-state index in [0.29, 0.717) is 35.5 Å². The number of carbonyl (C=O) groups is 2. The molecule has 3 aromatic rings. The number of carbonyl (C=O) groups excluding carboxylic acids is 2. The number of methoxy groups -OCH3 is 1. The second kappa shape index (κ2) is 9.47. The third-order valence-electron chi connectivity index (χ3n) is 6.90. The van der Waals surface area contributed by atoms with Crippen molar-refractivity contribution in [2.24, 2.45) is 0 Å². The molecule has 11 heteroatoms. The first-order valence-electron chi connectivity index (χ1n) is 11.6. The number of rotatable bonds is 5. The van der Waals surface area contributed by atoms with Gasteiger partial charge in [0.25, 0.3) is 5.91 Å². The molecule has 2 fully saturated rings. The van der Waals surface area contributed by atoms with Crippen LogP contribution in [0.2, 0.25) is 0 Å². The van der Waals surface area contributed by atoms with Crippen LogP contribution in [0.15, 0.2) is 42.7 Å². The molecule has 2 aliphatic heterocycles. The SMILES string of the molecule is COc1ccc(C(=O)N2CC(O)C2)c(NC(=O)N2CCC(c3ccc(C)c(F)c3)(c3ncns3)C2)c1. The summed E-state index contributed by atoms with van der Waals surface area (Å²) in [5, 5.41) is 13.2. The Labute approximate surface area is 211 Å². The van der Waals surface area contributed by atoms with Crippen LogP contribution in [-0.4, -0.2) is 75.6 Å². The van der Waals surface area contributed by atoms with Crippen molar-refractivity contribution < 1.29 is 23.8 Å². The molecule has 188 valence electrons. The smallest absolute Gasteiger partial charge is 0.321 e. The lowest BCUT2D eigenvalue weighted by Gasteiger charge is -2.36. The first kappa shape index (κ1) is 24.1. The number of aliphatic hydroxyl groups excluding tert-OH is 1. The third kappa shape index (κ3) is 4.28. The summed E-state index contributed by atoms with van der Waals surface area (Å²) in [6.45, 7) is 2.90. The number of amides is 3. The number of nitrogens with zero attached hydrogens (tertiary/aromatic N) is 4. The maximum atomic E-state index is 14.5. The normalized spacial score (nSPS) is 19.8. The molecular formula is C25H26FN5O4S. The monoisotopic (exact) mass is 511 g/mol. The molecule has 2 saturated heterocycles. The molecular weight excluding hydrogens is 485 g/mol. The van der Waals surface area contributed by atoms with Gasteiger partial charge in [0.2, 0.25) is 0 Å². The maximum absolute atomic E-state index is 14.5. The molecule has 3 heterocycles. The van der Waals surface area contributed by atoms with Gasteiger partial charge in [0.05, 0.1) is 29.9 Å². The van der Waals surface area contributed by atoms with Gasteiger partial charge in [-0.25, -0.2) is 14.2 Å². The summed E-state index contributed by atoms with van der Waals surface area (Å²) in [6, 6.07) is 9.59. The molecule has 1 aromatic heterocycles. The fraction of sp³-hybridized carbons (Fsp3) is 0.360. The van der Waals surface area contributed by atoms with Gasteiger partial charge in [0, 0.05) is 32.2 Å². The predicted octanol–water partition coefficient (Wildman–Crippen LogP) is 3.03. The van der Waals surface area contributed by atoms with Crippen LogP contribution >= 0.6 is 11.5 Å². The Kier molecular flexibility index (Phi) is 6.35. The molecule has 3 amide bonds. The maximum Gasteiger partial charge on any atom is 0.321 e. The Hall–Kier alpha value is -3.57. The van der Waals surface area contributed by atoms with Gasteiger partial charge >= 0.3 is 6.03 Å². The highest BCUT2D eigenvalue weighted by molar-refractivity contribution is 7.05. The van der Waals surface area contributed by atoms with Gasteiger partial charge in [-0.1, -0.05) is 12.1 Å². The average molecular weight is 512 g/mol. The van der Waals surface area contributed by atoms with Crippen molar-refractivity contribution in [3.63, 3.8) is 0 Å². The predicted molar refractivity (Wildman–Crippen MR) is 132 cm³/mol. The summed E-state index contributed by atoms with van der Waals surface area (Å²) in [4.78, 5) is 33.9. The lowest BCUT2D eigenvalue weighted by atomic mass is 9.80. The molecule has 2 N–H and O–H groups in total. The van der Waals surface area contributed by atoms with Crippen LogP contribution in [0.25, 0.3) is 0 Å². The van der Waals surface area contributed by atoms with Gasteiger partial charge in [-0.05, 0) is 54.2 Å². The average Bonchev–Trinajstić information content (AvgIpc) is 3.54. The number of hydrogen-bond donors (Lipinski definition) is 2. The summed E-state index contributed by atoms with van der Waals surface area (Å²) in [6.07, 6.45) is 1.48. The molecule has 1 unspecified atom stereocenters. The van der Waals surface area contributed by atoms with E-state index >= 15 is 0 Å². The molecule has 0 saturated carbocycles. The number of urea groups is 1. The van der Waals surface area contributed by atoms with Gasteiger partial charge in [0.15, 0.2) is 0 Å². The first-order chi connectivity index (χ1) is 17.3. The van der Waals surface area contributed by atoms with E-state index in [1.165, 1.54) is 35.9 Å². The number of β-amino-alcohol motifs (C(OH)–C–C–N with tert-alkyl or cyclic N) is 1. The van der Waals surface area contributed by atoms with Crippen molar-refractivity contribution in [2.75, 3.05) is 38.6 Å². The van der Waals surface area contributed by atoms with Gasteiger partial charge in [-0.2, -0.15) is 4.37 Å². The van der Waals surface area contributed by atoms with Crippen LogP contribution in [0.4, 0.5) is 14.9 Å². The number of aryl methyl sites for hydroxylation is 1. The minimum Gasteiger partial charge on any atom is -0.497 e. The van der Waals surface area contributed by atoms with Crippen molar-refractivity contribution in [3.8, 4) is 5.75 Å². The number of aliphatic hydroxyl groups is 1. The van der Waals surface area contributed by atoms with E-state index in [0.717, 1.165) is 10.6 Å². The lowest BCUT2D eigenvalue weighted by molar-refractivity contribution is 0.00596. The van der Waals surface area contributed by atoms with Crippen molar-refractivity contribution >= 4 is 29.2 Å². The lowest BCUT2D eigenvalue weighted by Crippen LogP contribution is -2.53. The van der Waals surface area contributed by atoms with Gasteiger partial charge in [-0.15, -0.1) is 0 Å². The summed E-state index contributed by atoms with van der Waals surface area (Å²) < 4.78 is 24.0. The quantitative estimate of drug-likeness (QED) is 0.545. The van der Waals surface area contributed by atoms with Crippen molar-refractivity contribution in [1.82, 2.24) is 19.2 Å². The molecule has 9 nitrogen and oxygen atoms in total. The number of aromatic nitrogens is 2. The van der Waals surface area contributed by atoms with Crippen molar-refractivity contribution in [2.45, 2.75) is 24.9 Å². The topological polar surface area (TPSA) is 108 Å². The Morgan fingerprint density at radius 1 is 1.22 bits per heavy atom. The van der Waals surface area contributed by atoms with Crippen LogP contribution in [0.3, 0.4) is 0 Å². The Balaban J connectivity index is 1.41. The van der Waals surface area contributed by atoms with Crippen molar-refractivity contribution in [3.05, 3.63) is 70.2 Å². The zero-order chi connectivity index (χ0) is 25.4. The minimum absolute atomic E-state index is 0.252. The zero-order valence-corrected chi connectivity index (χ0v) is 20.7. The van der Waals surface area contributed by atoms with Crippen LogP contribution in [0.5, 0.6) is 5.75 Å². The molecule has 2 aliphatic rings. The number of likely N-dealkylation sites (tertiary alicyclic amines) is 2. The van der Waals surface area contributed by atoms with Crippen LogP contribution < -0.4 is 10.1 Å². The summed E-state index contributed by atoms with van der Waals surface area (Å²) >= 11 is 1.24. The van der Waals surface area contributed by atoms with Crippen LogP contribution in [0.1, 0.15) is 32.9 Å². The highest BCUT2D eigenvalue weighted by atomic mass is 32.1. The Bertz CT molecular complexity index is 1300. The highest BCUT2D eigenvalue weighted by Crippen LogP contribution is 2.42. The van der Waals surface area contributed by atoms with Gasteiger partial charge in [-0.3, -0.25) is 4.79 Å². The van der Waals surface area contributed by atoms with E-state index in [2.05, 4.69) is 14.7 Å². The van der Waals surface area contributed by atoms with E-state index in [-0.39, 0.29) is 37.4 Å². The van der Waals surface area contributed by atoms with Crippen LogP contribution in [-0.2, 0) is 5.41 Å². The summed E-state index contributed by atoms with van der Waals surface area (Å²) in [7, 11) is 1.51. The van der Waals surface area contributed by atoms with Gasteiger partial charge in [0.1, 0.15) is 22.9 Å². The second-order valence-electron chi connectivity index (χ2n) is 9.17. The minimum atomic E-state index is -0.687. The number of hydrogen-bond acceptors (Lipinski definition) is 7. The Morgan fingerprint density at radius 3 is 2.69 bits per heavy atom.